The molecule has 1 fully saturated rings. The number of hydrogen-bond donors (Lipinski definition) is 2. The molecule has 0 aliphatic heterocycles. The second-order valence-corrected chi connectivity index (χ2v) is 8.56. The van der Waals surface area contributed by atoms with Crippen molar-refractivity contribution in [1.82, 2.24) is 20.2 Å². The van der Waals surface area contributed by atoms with E-state index < -0.39 is 0 Å². The standard InChI is InChI=1S/C18H24ClN5OS/c1-11-5-3-4-6-15(11)21-17(25)12(2)26-18-23-22-16(24(18)20)13-7-9-14(19)10-8-13/h7-12,15H,3-6,20H2,1-2H3,(H,21,25). The number of nitrogens with one attached hydrogen (secondary N) is 1. The molecule has 0 radical (unpaired) electrons. The number of halogens is 1. The molecular formula is C18H24ClN5OS. The van der Waals surface area contributed by atoms with Gasteiger partial charge in [-0.25, -0.2) is 4.68 Å². The van der Waals surface area contributed by atoms with E-state index >= 15 is 0 Å². The molecule has 3 N–H and O–H groups in total. The van der Waals surface area contributed by atoms with Crippen LogP contribution in [-0.4, -0.2) is 32.1 Å². The molecule has 1 aliphatic carbocycles. The number of nitrogen functional groups attached to an aromatic ring is 1. The summed E-state index contributed by atoms with van der Waals surface area (Å²) in [5, 5.41) is 12.3. The Balaban J connectivity index is 1.65. The minimum Gasteiger partial charge on any atom is -0.352 e. The monoisotopic (exact) mass is 393 g/mol. The fraction of sp³-hybridized carbons (Fsp3) is 0.500. The zero-order valence-electron chi connectivity index (χ0n) is 15.0. The lowest BCUT2D eigenvalue weighted by atomic mass is 9.86. The van der Waals surface area contributed by atoms with E-state index in [0.29, 0.717) is 21.9 Å². The highest BCUT2D eigenvalue weighted by atomic mass is 35.5. The maximum Gasteiger partial charge on any atom is 0.233 e. The van der Waals surface area contributed by atoms with Gasteiger partial charge in [-0.1, -0.05) is 43.1 Å². The van der Waals surface area contributed by atoms with Crippen molar-refractivity contribution in [3.8, 4) is 11.4 Å². The van der Waals surface area contributed by atoms with Gasteiger partial charge in [-0.05, 0) is 49.9 Å². The van der Waals surface area contributed by atoms with Gasteiger partial charge in [-0.3, -0.25) is 4.79 Å². The average molecular weight is 394 g/mol. The smallest absolute Gasteiger partial charge is 0.233 e. The van der Waals surface area contributed by atoms with Crippen LogP contribution >= 0.6 is 23.4 Å². The lowest BCUT2D eigenvalue weighted by Crippen LogP contribution is -2.44. The van der Waals surface area contributed by atoms with E-state index in [-0.39, 0.29) is 17.2 Å². The van der Waals surface area contributed by atoms with E-state index in [0.717, 1.165) is 12.0 Å². The van der Waals surface area contributed by atoms with Gasteiger partial charge in [0.15, 0.2) is 5.82 Å². The van der Waals surface area contributed by atoms with Gasteiger partial charge in [0, 0.05) is 16.6 Å². The predicted molar refractivity (Wildman–Crippen MR) is 106 cm³/mol. The molecule has 1 aliphatic rings. The van der Waals surface area contributed by atoms with Crippen molar-refractivity contribution < 1.29 is 4.79 Å². The topological polar surface area (TPSA) is 85.8 Å². The lowest BCUT2D eigenvalue weighted by molar-refractivity contribution is -0.121. The quantitative estimate of drug-likeness (QED) is 0.599. The third kappa shape index (κ3) is 4.32. The summed E-state index contributed by atoms with van der Waals surface area (Å²) in [5.41, 5.74) is 0.824. The molecule has 3 rings (SSSR count). The molecule has 0 saturated heterocycles. The molecule has 140 valence electrons. The van der Waals surface area contributed by atoms with Crippen molar-refractivity contribution in [2.24, 2.45) is 5.92 Å². The number of aromatic nitrogens is 3. The van der Waals surface area contributed by atoms with Crippen LogP contribution in [0.5, 0.6) is 0 Å². The number of nitrogens with two attached hydrogens (primary N) is 1. The number of carbonyl (C=O) groups is 1. The Kier molecular flexibility index (Phi) is 6.09. The van der Waals surface area contributed by atoms with E-state index in [4.69, 9.17) is 17.4 Å². The fourth-order valence-corrected chi connectivity index (χ4v) is 4.10. The zero-order chi connectivity index (χ0) is 18.7. The van der Waals surface area contributed by atoms with E-state index in [2.05, 4.69) is 22.4 Å². The van der Waals surface area contributed by atoms with Crippen molar-refractivity contribution in [1.29, 1.82) is 0 Å². The number of nitrogens with zero attached hydrogens (tertiary/aromatic N) is 3. The van der Waals surface area contributed by atoms with Crippen molar-refractivity contribution >= 4 is 29.3 Å². The van der Waals surface area contributed by atoms with Crippen molar-refractivity contribution in [2.75, 3.05) is 5.84 Å². The van der Waals surface area contributed by atoms with Crippen LogP contribution < -0.4 is 11.2 Å². The fourth-order valence-electron chi connectivity index (χ4n) is 3.20. The maximum absolute atomic E-state index is 12.5. The Bertz CT molecular complexity index is 763. The summed E-state index contributed by atoms with van der Waals surface area (Å²) in [6.07, 6.45) is 4.66. The minimum atomic E-state index is -0.298. The first-order chi connectivity index (χ1) is 12.5. The molecule has 3 atom stereocenters. The summed E-state index contributed by atoms with van der Waals surface area (Å²) < 4.78 is 1.42. The summed E-state index contributed by atoms with van der Waals surface area (Å²) in [5.74, 6) is 7.22. The lowest BCUT2D eigenvalue weighted by Gasteiger charge is -2.30. The highest BCUT2D eigenvalue weighted by Gasteiger charge is 2.26. The molecule has 1 saturated carbocycles. The van der Waals surface area contributed by atoms with Crippen LogP contribution in [0.3, 0.4) is 0 Å². The van der Waals surface area contributed by atoms with Crippen LogP contribution in [0, 0.1) is 5.92 Å². The minimum absolute atomic E-state index is 0.0183. The van der Waals surface area contributed by atoms with E-state index in [1.807, 2.05) is 19.1 Å². The number of carbonyl (C=O) groups excluding carboxylic acids is 1. The maximum atomic E-state index is 12.5. The Morgan fingerprint density at radius 2 is 2.00 bits per heavy atom. The molecule has 0 bridgehead atoms. The molecule has 3 unspecified atom stereocenters. The first-order valence-corrected chi connectivity index (χ1v) is 10.1. The van der Waals surface area contributed by atoms with Crippen LogP contribution in [0.1, 0.15) is 39.5 Å². The molecule has 1 heterocycles. The van der Waals surface area contributed by atoms with Gasteiger partial charge >= 0.3 is 0 Å². The number of thioether (sulfide) groups is 1. The largest absolute Gasteiger partial charge is 0.352 e. The highest BCUT2D eigenvalue weighted by Crippen LogP contribution is 2.27. The highest BCUT2D eigenvalue weighted by molar-refractivity contribution is 8.00. The van der Waals surface area contributed by atoms with Gasteiger partial charge in [0.1, 0.15) is 0 Å². The third-order valence-corrected chi connectivity index (χ3v) is 6.17. The second-order valence-electron chi connectivity index (χ2n) is 6.82. The van der Waals surface area contributed by atoms with E-state index in [1.54, 1.807) is 12.1 Å². The Morgan fingerprint density at radius 1 is 1.31 bits per heavy atom. The SMILES string of the molecule is CC(Sc1nnc(-c2ccc(Cl)cc2)n1N)C(=O)NC1CCCCC1C. The van der Waals surface area contributed by atoms with E-state index in [1.165, 1.54) is 35.7 Å². The van der Waals surface area contributed by atoms with Crippen molar-refractivity contribution in [3.63, 3.8) is 0 Å². The van der Waals surface area contributed by atoms with Gasteiger partial charge in [0.05, 0.1) is 5.25 Å². The molecule has 2 aromatic rings. The summed E-state index contributed by atoms with van der Waals surface area (Å²) in [6, 6.07) is 7.49. The number of amides is 1. The predicted octanol–water partition coefficient (Wildman–Crippen LogP) is 3.49. The van der Waals surface area contributed by atoms with Gasteiger partial charge < -0.3 is 11.2 Å². The van der Waals surface area contributed by atoms with Gasteiger partial charge in [-0.15, -0.1) is 10.2 Å². The van der Waals surface area contributed by atoms with Crippen molar-refractivity contribution in [3.05, 3.63) is 29.3 Å². The molecular weight excluding hydrogens is 370 g/mol. The zero-order valence-corrected chi connectivity index (χ0v) is 16.6. The summed E-state index contributed by atoms with van der Waals surface area (Å²) in [7, 11) is 0. The Morgan fingerprint density at radius 3 is 2.69 bits per heavy atom. The van der Waals surface area contributed by atoms with Crippen LogP contribution in [0.15, 0.2) is 29.4 Å². The number of benzene rings is 1. The van der Waals surface area contributed by atoms with Gasteiger partial charge in [0.25, 0.3) is 0 Å². The Labute approximate surface area is 162 Å². The number of hydrogen-bond acceptors (Lipinski definition) is 5. The van der Waals surface area contributed by atoms with Crippen LogP contribution in [0.25, 0.3) is 11.4 Å². The first-order valence-electron chi connectivity index (χ1n) is 8.89. The molecule has 0 spiro atoms. The molecule has 1 amide bonds. The molecule has 1 aromatic carbocycles. The molecule has 8 heteroatoms. The van der Waals surface area contributed by atoms with Crippen molar-refractivity contribution in [2.45, 2.75) is 56.0 Å². The number of rotatable bonds is 5. The van der Waals surface area contributed by atoms with Crippen LogP contribution in [0.4, 0.5) is 0 Å². The summed E-state index contributed by atoms with van der Waals surface area (Å²) >= 11 is 7.23. The van der Waals surface area contributed by atoms with Gasteiger partial charge in [-0.2, -0.15) is 0 Å². The summed E-state index contributed by atoms with van der Waals surface area (Å²) in [4.78, 5) is 12.5. The third-order valence-electron chi connectivity index (χ3n) is 4.86. The Hall–Kier alpha value is -1.73. The van der Waals surface area contributed by atoms with Crippen LogP contribution in [-0.2, 0) is 4.79 Å². The second kappa shape index (κ2) is 8.31. The molecule has 26 heavy (non-hydrogen) atoms. The van der Waals surface area contributed by atoms with Crippen LogP contribution in [0.2, 0.25) is 5.02 Å². The van der Waals surface area contributed by atoms with E-state index in [9.17, 15) is 4.79 Å². The normalized spacial score (nSPS) is 21.3. The first kappa shape index (κ1) is 19.0. The molecule has 1 aromatic heterocycles. The summed E-state index contributed by atoms with van der Waals surface area (Å²) in [6.45, 7) is 4.07. The average Bonchev–Trinajstić information content (AvgIpc) is 2.98. The molecule has 6 nitrogen and oxygen atoms in total. The van der Waals surface area contributed by atoms with Gasteiger partial charge in [0.2, 0.25) is 11.1 Å².